The molecule has 4 unspecified atom stereocenters. The summed E-state index contributed by atoms with van der Waals surface area (Å²) < 4.78 is 0. The highest BCUT2D eigenvalue weighted by Crippen LogP contribution is 2.46. The molecule has 0 radical (unpaired) electrons. The van der Waals surface area contributed by atoms with E-state index in [2.05, 4.69) is 48.5 Å². The molecule has 0 bridgehead atoms. The maximum Gasteiger partial charge on any atom is 0.0761 e. The Hall–Kier alpha value is -3.28. The van der Waals surface area contributed by atoms with Crippen LogP contribution < -0.4 is 0 Å². The second kappa shape index (κ2) is 11.0. The highest BCUT2D eigenvalue weighted by atomic mass is 16.3. The van der Waals surface area contributed by atoms with Crippen LogP contribution in [0.1, 0.15) is 96.6 Å². The predicted octanol–water partition coefficient (Wildman–Crippen LogP) is 6.28. The van der Waals surface area contributed by atoms with Gasteiger partial charge >= 0.3 is 0 Å². The van der Waals surface area contributed by atoms with Crippen molar-refractivity contribution >= 4 is 0 Å². The van der Waals surface area contributed by atoms with E-state index in [4.69, 9.17) is 0 Å². The molecule has 0 aromatic heterocycles. The Kier molecular flexibility index (Phi) is 7.96. The van der Waals surface area contributed by atoms with Crippen LogP contribution in [0.5, 0.6) is 0 Å². The van der Waals surface area contributed by atoms with E-state index >= 15 is 0 Å². The summed E-state index contributed by atoms with van der Waals surface area (Å²) >= 11 is 0. The molecule has 4 heteroatoms. The third-order valence-corrected chi connectivity index (χ3v) is 7.30. The summed E-state index contributed by atoms with van der Waals surface area (Å²) in [6.07, 6.45) is -2.32. The molecule has 0 heterocycles. The molecule has 0 aliphatic carbocycles. The van der Waals surface area contributed by atoms with Crippen LogP contribution >= 0.6 is 0 Å². The molecular weight excluding hydrogens is 460 g/mol. The van der Waals surface area contributed by atoms with Gasteiger partial charge in [-0.2, -0.15) is 0 Å². The standard InChI is InChI=1S/C33H36O4/c1-21(34)25-5-13-29(14-6-25)33(30-15-7-26(8-16-30)22(2)35,31-17-9-27(10-18-31)23(3)36)32-19-11-28(12-20-32)24(4)37/h5-24,34-37H,1-4H3. The zero-order chi connectivity index (χ0) is 26.7. The van der Waals surface area contributed by atoms with Crippen LogP contribution in [0.25, 0.3) is 0 Å². The minimum absolute atomic E-state index is 0.579. The number of benzene rings is 4. The van der Waals surface area contributed by atoms with Gasteiger partial charge in [-0.15, -0.1) is 0 Å². The molecule has 4 atom stereocenters. The molecule has 0 amide bonds. The van der Waals surface area contributed by atoms with E-state index in [-0.39, 0.29) is 0 Å². The van der Waals surface area contributed by atoms with Crippen LogP contribution in [0, 0.1) is 0 Å². The fourth-order valence-corrected chi connectivity index (χ4v) is 5.05. The van der Waals surface area contributed by atoms with Gasteiger partial charge in [-0.3, -0.25) is 0 Å². The van der Waals surface area contributed by atoms with E-state index in [1.807, 2.05) is 48.5 Å². The van der Waals surface area contributed by atoms with Crippen molar-refractivity contribution in [3.05, 3.63) is 142 Å². The van der Waals surface area contributed by atoms with Gasteiger partial charge in [-0.1, -0.05) is 97.1 Å². The van der Waals surface area contributed by atoms with E-state index in [9.17, 15) is 20.4 Å². The average Bonchev–Trinajstić information content (AvgIpc) is 2.90. The van der Waals surface area contributed by atoms with E-state index in [0.29, 0.717) is 0 Å². The molecule has 192 valence electrons. The van der Waals surface area contributed by atoms with Crippen molar-refractivity contribution in [1.29, 1.82) is 0 Å². The second-order valence-corrected chi connectivity index (χ2v) is 9.94. The summed E-state index contributed by atoms with van der Waals surface area (Å²) in [5.74, 6) is 0. The fraction of sp³-hybridized carbons (Fsp3) is 0.273. The van der Waals surface area contributed by atoms with Gasteiger partial charge in [0, 0.05) is 0 Å². The van der Waals surface area contributed by atoms with Crippen LogP contribution in [-0.2, 0) is 5.41 Å². The molecule has 4 rings (SSSR count). The summed E-state index contributed by atoms with van der Waals surface area (Å²) in [6, 6.07) is 32.0. The fourth-order valence-electron chi connectivity index (χ4n) is 5.05. The first-order chi connectivity index (χ1) is 17.6. The molecule has 4 aromatic carbocycles. The lowest BCUT2D eigenvalue weighted by Gasteiger charge is -2.37. The molecule has 0 fully saturated rings. The Morgan fingerprint density at radius 2 is 0.514 bits per heavy atom. The molecule has 0 spiro atoms. The van der Waals surface area contributed by atoms with Crippen molar-refractivity contribution in [3.8, 4) is 0 Å². The molecule has 4 nitrogen and oxygen atoms in total. The van der Waals surface area contributed by atoms with E-state index in [1.165, 1.54) is 0 Å². The highest BCUT2D eigenvalue weighted by Gasteiger charge is 2.38. The van der Waals surface area contributed by atoms with Gasteiger partial charge in [-0.25, -0.2) is 0 Å². The smallest absolute Gasteiger partial charge is 0.0761 e. The van der Waals surface area contributed by atoms with Crippen molar-refractivity contribution in [3.63, 3.8) is 0 Å². The normalized spacial score (nSPS) is 16.4. The van der Waals surface area contributed by atoms with Crippen molar-refractivity contribution in [1.82, 2.24) is 0 Å². The van der Waals surface area contributed by atoms with Gasteiger partial charge in [0.2, 0.25) is 0 Å². The SMILES string of the molecule is CC(O)c1ccc(C(c2ccc(C(C)O)cc2)(c2ccc(C(C)O)cc2)c2ccc(C(C)O)cc2)cc1. The first-order valence-corrected chi connectivity index (χ1v) is 12.8. The second-order valence-electron chi connectivity index (χ2n) is 9.94. The van der Waals surface area contributed by atoms with E-state index in [0.717, 1.165) is 44.5 Å². The van der Waals surface area contributed by atoms with E-state index < -0.39 is 29.8 Å². The van der Waals surface area contributed by atoms with Crippen LogP contribution in [0.15, 0.2) is 97.1 Å². The first kappa shape index (κ1) is 26.8. The lowest BCUT2D eigenvalue weighted by Crippen LogP contribution is -2.31. The lowest BCUT2D eigenvalue weighted by molar-refractivity contribution is 0.199. The molecule has 0 aliphatic heterocycles. The van der Waals surface area contributed by atoms with Crippen molar-refractivity contribution in [2.24, 2.45) is 0 Å². The molecule has 0 saturated carbocycles. The highest BCUT2D eigenvalue weighted by molar-refractivity contribution is 5.60. The van der Waals surface area contributed by atoms with Gasteiger partial charge < -0.3 is 20.4 Å². The van der Waals surface area contributed by atoms with Gasteiger partial charge in [0.15, 0.2) is 0 Å². The van der Waals surface area contributed by atoms with Crippen LogP contribution in [0.2, 0.25) is 0 Å². The summed E-state index contributed by atoms with van der Waals surface area (Å²) in [4.78, 5) is 0. The predicted molar refractivity (Wildman–Crippen MR) is 147 cm³/mol. The minimum atomic E-state index is -0.733. The van der Waals surface area contributed by atoms with Crippen LogP contribution in [0.3, 0.4) is 0 Å². The first-order valence-electron chi connectivity index (χ1n) is 12.8. The van der Waals surface area contributed by atoms with Crippen molar-refractivity contribution in [2.75, 3.05) is 0 Å². The average molecular weight is 497 g/mol. The topological polar surface area (TPSA) is 80.9 Å². The maximum absolute atomic E-state index is 10.1. The van der Waals surface area contributed by atoms with Gasteiger partial charge in [0.1, 0.15) is 0 Å². The third kappa shape index (κ3) is 5.25. The zero-order valence-corrected chi connectivity index (χ0v) is 21.8. The molecular formula is C33H36O4. The summed E-state index contributed by atoms with van der Waals surface area (Å²) in [7, 11) is 0. The minimum Gasteiger partial charge on any atom is -0.389 e. The Labute approximate surface area is 219 Å². The van der Waals surface area contributed by atoms with Gasteiger partial charge in [0.25, 0.3) is 0 Å². The lowest BCUT2D eigenvalue weighted by atomic mass is 9.64. The van der Waals surface area contributed by atoms with Crippen LogP contribution in [-0.4, -0.2) is 20.4 Å². The number of hydrogen-bond acceptors (Lipinski definition) is 4. The largest absolute Gasteiger partial charge is 0.389 e. The summed E-state index contributed by atoms with van der Waals surface area (Å²) in [5.41, 5.74) is 6.63. The third-order valence-electron chi connectivity index (χ3n) is 7.30. The van der Waals surface area contributed by atoms with Crippen LogP contribution in [0.4, 0.5) is 0 Å². The monoisotopic (exact) mass is 496 g/mol. The molecule has 0 aliphatic rings. The van der Waals surface area contributed by atoms with Gasteiger partial charge in [-0.05, 0) is 72.2 Å². The Bertz CT molecular complexity index is 1070. The number of aliphatic hydroxyl groups excluding tert-OH is 4. The molecule has 4 aromatic rings. The summed E-state index contributed by atoms with van der Waals surface area (Å²) in [6.45, 7) is 7.00. The Balaban J connectivity index is 2.05. The van der Waals surface area contributed by atoms with Crippen molar-refractivity contribution < 1.29 is 20.4 Å². The Morgan fingerprint density at radius 1 is 0.351 bits per heavy atom. The molecule has 4 N–H and O–H groups in total. The Morgan fingerprint density at radius 3 is 0.649 bits per heavy atom. The zero-order valence-electron chi connectivity index (χ0n) is 21.8. The molecule has 0 saturated heterocycles. The quantitative estimate of drug-likeness (QED) is 0.216. The number of aliphatic hydroxyl groups is 4. The van der Waals surface area contributed by atoms with Crippen molar-refractivity contribution in [2.45, 2.75) is 57.5 Å². The van der Waals surface area contributed by atoms with Gasteiger partial charge in [0.05, 0.1) is 29.8 Å². The number of hydrogen-bond donors (Lipinski definition) is 4. The number of rotatable bonds is 8. The maximum atomic E-state index is 10.1. The summed E-state index contributed by atoms with van der Waals surface area (Å²) in [5, 5.41) is 40.6. The molecule has 37 heavy (non-hydrogen) atoms. The van der Waals surface area contributed by atoms with E-state index in [1.54, 1.807) is 27.7 Å².